The van der Waals surface area contributed by atoms with Gasteiger partial charge in [-0.15, -0.1) is 0 Å². The van der Waals surface area contributed by atoms with E-state index < -0.39 is 6.04 Å². The summed E-state index contributed by atoms with van der Waals surface area (Å²) in [6.45, 7) is 10.6. The lowest BCUT2D eigenvalue weighted by molar-refractivity contribution is -0.125. The highest BCUT2D eigenvalue weighted by molar-refractivity contribution is 5.87. The van der Waals surface area contributed by atoms with Crippen LogP contribution in [-0.2, 0) is 9.53 Å². The zero-order valence-corrected chi connectivity index (χ0v) is 14.8. The monoisotopic (exact) mass is 325 g/mol. The number of hydrogen-bond acceptors (Lipinski definition) is 3. The van der Waals surface area contributed by atoms with E-state index in [1.54, 1.807) is 0 Å². The second kappa shape index (κ2) is 7.51. The molecular weight excluding hydrogens is 294 g/mol. The van der Waals surface area contributed by atoms with E-state index in [9.17, 15) is 9.59 Å². The molecule has 6 nitrogen and oxygen atoms in total. The van der Waals surface area contributed by atoms with Gasteiger partial charge in [0.05, 0.1) is 6.10 Å². The van der Waals surface area contributed by atoms with Crippen LogP contribution in [0.3, 0.4) is 0 Å². The molecule has 0 bridgehead atoms. The Balaban J connectivity index is 1.84. The summed E-state index contributed by atoms with van der Waals surface area (Å²) in [7, 11) is 0. The standard InChI is InChI=1S/C17H31N3O3/c1-11-7-8-18-15(21)13(11)20-16(22)19-10-12-6-5-9-23-14(12)17(2,3)4/h11-14H,5-10H2,1-4H3,(H,18,21)(H2,19,20,22)/t11-,12+,13-,14+/m1/s1. The lowest BCUT2D eigenvalue weighted by Gasteiger charge is -2.40. The second-order valence-corrected chi connectivity index (χ2v) is 7.95. The summed E-state index contributed by atoms with van der Waals surface area (Å²) in [5.41, 5.74) is 0.0566. The molecule has 2 fully saturated rings. The van der Waals surface area contributed by atoms with Gasteiger partial charge in [-0.05, 0) is 30.6 Å². The van der Waals surface area contributed by atoms with Gasteiger partial charge in [-0.3, -0.25) is 4.79 Å². The zero-order valence-electron chi connectivity index (χ0n) is 14.8. The summed E-state index contributed by atoms with van der Waals surface area (Å²) in [6, 6.07) is -0.707. The van der Waals surface area contributed by atoms with Crippen LogP contribution in [0, 0.1) is 17.3 Å². The number of carbonyl (C=O) groups excluding carboxylic acids is 2. The minimum atomic E-state index is -0.440. The second-order valence-electron chi connectivity index (χ2n) is 7.95. The van der Waals surface area contributed by atoms with Gasteiger partial charge in [0.15, 0.2) is 0 Å². The van der Waals surface area contributed by atoms with E-state index in [4.69, 9.17) is 4.74 Å². The minimum Gasteiger partial charge on any atom is -0.377 e. The number of nitrogens with one attached hydrogen (secondary N) is 3. The molecule has 2 aliphatic heterocycles. The summed E-state index contributed by atoms with van der Waals surface area (Å²) in [6.07, 6.45) is 3.12. The van der Waals surface area contributed by atoms with E-state index in [1.807, 2.05) is 6.92 Å². The number of amides is 3. The molecule has 0 radical (unpaired) electrons. The molecule has 2 aliphatic rings. The summed E-state index contributed by atoms with van der Waals surface area (Å²) < 4.78 is 5.94. The molecule has 0 aromatic rings. The van der Waals surface area contributed by atoms with Crippen molar-refractivity contribution in [2.75, 3.05) is 19.7 Å². The largest absolute Gasteiger partial charge is 0.377 e. The Morgan fingerprint density at radius 1 is 1.35 bits per heavy atom. The lowest BCUT2D eigenvalue weighted by atomic mass is 9.78. The molecule has 0 spiro atoms. The Kier molecular flexibility index (Phi) is 5.89. The van der Waals surface area contributed by atoms with Gasteiger partial charge in [0.25, 0.3) is 0 Å². The van der Waals surface area contributed by atoms with Gasteiger partial charge in [0, 0.05) is 25.6 Å². The molecule has 0 aliphatic carbocycles. The molecule has 2 heterocycles. The van der Waals surface area contributed by atoms with Crippen molar-refractivity contribution in [3.05, 3.63) is 0 Å². The maximum Gasteiger partial charge on any atom is 0.315 e. The highest BCUT2D eigenvalue weighted by Crippen LogP contribution is 2.33. The Morgan fingerprint density at radius 2 is 2.09 bits per heavy atom. The van der Waals surface area contributed by atoms with Crippen LogP contribution in [0.25, 0.3) is 0 Å². The molecule has 3 amide bonds. The van der Waals surface area contributed by atoms with Gasteiger partial charge in [-0.2, -0.15) is 0 Å². The first-order chi connectivity index (χ1) is 10.8. The number of ether oxygens (including phenoxy) is 1. The summed E-state index contributed by atoms with van der Waals surface area (Å²) >= 11 is 0. The quantitative estimate of drug-likeness (QED) is 0.738. The summed E-state index contributed by atoms with van der Waals surface area (Å²) in [4.78, 5) is 24.0. The number of piperidine rings is 1. The van der Waals surface area contributed by atoms with Crippen molar-refractivity contribution in [3.63, 3.8) is 0 Å². The molecule has 0 saturated carbocycles. The topological polar surface area (TPSA) is 79.5 Å². The van der Waals surface area contributed by atoms with Crippen LogP contribution in [0.2, 0.25) is 0 Å². The molecule has 132 valence electrons. The van der Waals surface area contributed by atoms with Crippen LogP contribution in [0.4, 0.5) is 4.79 Å². The van der Waals surface area contributed by atoms with Crippen LogP contribution in [-0.4, -0.2) is 43.8 Å². The molecule has 0 aromatic heterocycles. The van der Waals surface area contributed by atoms with Crippen LogP contribution >= 0.6 is 0 Å². The predicted molar refractivity (Wildman–Crippen MR) is 89.0 cm³/mol. The maximum atomic E-state index is 12.2. The van der Waals surface area contributed by atoms with Gasteiger partial charge in [0.2, 0.25) is 5.91 Å². The fourth-order valence-corrected chi connectivity index (χ4v) is 3.59. The predicted octanol–water partition coefficient (Wildman–Crippen LogP) is 1.65. The van der Waals surface area contributed by atoms with Crippen molar-refractivity contribution in [1.29, 1.82) is 0 Å². The molecule has 2 rings (SSSR count). The van der Waals surface area contributed by atoms with Gasteiger partial charge in [0.1, 0.15) is 6.04 Å². The normalized spacial score (nSPS) is 32.1. The van der Waals surface area contributed by atoms with E-state index in [0.29, 0.717) is 19.0 Å². The first-order valence-corrected chi connectivity index (χ1v) is 8.72. The molecule has 0 unspecified atom stereocenters. The third-order valence-corrected chi connectivity index (χ3v) is 4.86. The van der Waals surface area contributed by atoms with E-state index in [2.05, 4.69) is 36.7 Å². The SMILES string of the molecule is C[C@@H]1CCNC(=O)[C@@H]1NC(=O)NC[C@@H]1CCCO[C@@H]1C(C)(C)C. The highest BCUT2D eigenvalue weighted by Gasteiger charge is 2.36. The van der Waals surface area contributed by atoms with Gasteiger partial charge in [-0.25, -0.2) is 4.79 Å². The Hall–Kier alpha value is -1.30. The van der Waals surface area contributed by atoms with Crippen molar-refractivity contribution in [2.24, 2.45) is 17.3 Å². The molecular formula is C17H31N3O3. The van der Waals surface area contributed by atoms with Crippen molar-refractivity contribution in [2.45, 2.75) is 59.1 Å². The Bertz CT molecular complexity index is 433. The third-order valence-electron chi connectivity index (χ3n) is 4.86. The van der Waals surface area contributed by atoms with Crippen molar-refractivity contribution >= 4 is 11.9 Å². The number of hydrogen-bond donors (Lipinski definition) is 3. The molecule has 3 N–H and O–H groups in total. The van der Waals surface area contributed by atoms with Crippen LogP contribution in [0.15, 0.2) is 0 Å². The molecule has 2 saturated heterocycles. The maximum absolute atomic E-state index is 12.2. The van der Waals surface area contributed by atoms with E-state index in [0.717, 1.165) is 25.9 Å². The summed E-state index contributed by atoms with van der Waals surface area (Å²) in [5.74, 6) is 0.384. The number of urea groups is 1. The zero-order chi connectivity index (χ0) is 17.0. The minimum absolute atomic E-state index is 0.0566. The average Bonchev–Trinajstić information content (AvgIpc) is 2.48. The Labute approximate surface area is 139 Å². The van der Waals surface area contributed by atoms with E-state index in [1.165, 1.54) is 0 Å². The first kappa shape index (κ1) is 18.0. The van der Waals surface area contributed by atoms with Crippen molar-refractivity contribution in [1.82, 2.24) is 16.0 Å². The number of carbonyl (C=O) groups is 2. The number of rotatable bonds is 3. The average molecular weight is 325 g/mol. The first-order valence-electron chi connectivity index (χ1n) is 8.72. The molecule has 0 aromatic carbocycles. The van der Waals surface area contributed by atoms with Crippen molar-refractivity contribution in [3.8, 4) is 0 Å². The lowest BCUT2D eigenvalue weighted by Crippen LogP contribution is -2.57. The van der Waals surface area contributed by atoms with Gasteiger partial charge >= 0.3 is 6.03 Å². The molecule has 4 atom stereocenters. The van der Waals surface area contributed by atoms with Gasteiger partial charge in [-0.1, -0.05) is 27.7 Å². The van der Waals surface area contributed by atoms with Crippen LogP contribution in [0.1, 0.15) is 47.0 Å². The fraction of sp³-hybridized carbons (Fsp3) is 0.882. The van der Waals surface area contributed by atoms with Crippen LogP contribution < -0.4 is 16.0 Å². The molecule has 23 heavy (non-hydrogen) atoms. The Morgan fingerprint density at radius 3 is 2.74 bits per heavy atom. The van der Waals surface area contributed by atoms with Crippen LogP contribution in [0.5, 0.6) is 0 Å². The highest BCUT2D eigenvalue weighted by atomic mass is 16.5. The smallest absolute Gasteiger partial charge is 0.315 e. The van der Waals surface area contributed by atoms with Gasteiger partial charge < -0.3 is 20.7 Å². The van der Waals surface area contributed by atoms with E-state index >= 15 is 0 Å². The fourth-order valence-electron chi connectivity index (χ4n) is 3.59. The van der Waals surface area contributed by atoms with Crippen molar-refractivity contribution < 1.29 is 14.3 Å². The summed E-state index contributed by atoms with van der Waals surface area (Å²) in [5, 5.41) is 8.54. The third kappa shape index (κ3) is 4.83. The van der Waals surface area contributed by atoms with E-state index in [-0.39, 0.29) is 29.4 Å². The molecule has 6 heteroatoms.